The molecule has 31 heteroatoms. The number of rotatable bonds is 12. The minimum atomic E-state index is -4.94. The average Bonchev–Trinajstić information content (AvgIpc) is 2.94. The van der Waals surface area contributed by atoms with E-state index in [0.717, 1.165) is 0 Å². The maximum atomic E-state index is 11.0. The van der Waals surface area contributed by atoms with E-state index in [-0.39, 0.29) is 89.4 Å². The molecule has 0 unspecified atom stereocenters. The fraction of sp³-hybridized carbons (Fsp3) is 0.750. The van der Waals surface area contributed by atoms with Gasteiger partial charge in [0.1, 0.15) is 39.6 Å². The van der Waals surface area contributed by atoms with Gasteiger partial charge >= 0.3 is 0 Å². The summed E-state index contributed by atoms with van der Waals surface area (Å²) in [5.41, 5.74) is 0. The van der Waals surface area contributed by atoms with Crippen molar-refractivity contribution >= 4 is 35.4 Å². The number of hydrogen-bond acceptors (Lipinski definition) is 21. The van der Waals surface area contributed by atoms with Crippen molar-refractivity contribution in [2.75, 3.05) is 124 Å². The third kappa shape index (κ3) is 80.9. The molecule has 0 bridgehead atoms. The van der Waals surface area contributed by atoms with Gasteiger partial charge in [0, 0.05) is 98.9 Å². The van der Waals surface area contributed by atoms with Gasteiger partial charge in [0.25, 0.3) is 0 Å². The first-order valence-corrected chi connectivity index (χ1v) is 17.3. The SMILES string of the molecule is CN(C)C(=O)COCC(=O)N(C)C.CN(C)C(=O)COCC(=O)N(C)C.CN(C)C(=O)COCC(=O)N(C)C.[Am].[O-][Cl+3]([O-])([O-])[O-].[O-][Cl+3]([O-])([O-])[O-].[O-][Cl+3]([O-])([O-])[O-]. The monoisotopic (exact) mass is 1100 g/mol. The van der Waals surface area contributed by atoms with Gasteiger partial charge in [0.15, 0.2) is 0 Å². The van der Waals surface area contributed by atoms with Crippen LogP contribution >= 0.6 is 0 Å². The van der Waals surface area contributed by atoms with Gasteiger partial charge in [-0.3, -0.25) is 28.8 Å². The largest absolute Gasteiger partial charge is 0.362 e. The summed E-state index contributed by atoms with van der Waals surface area (Å²) in [4.78, 5) is 74.3. The van der Waals surface area contributed by atoms with Crippen LogP contribution in [0.25, 0.3) is 0 Å². The van der Waals surface area contributed by atoms with E-state index in [4.69, 9.17) is 70.1 Å². The Balaban J connectivity index is -0.000000105. The average molecular weight is 1110 g/mol. The summed E-state index contributed by atoms with van der Waals surface area (Å²) in [5, 5.41) is 0. The molecule has 0 saturated carbocycles. The van der Waals surface area contributed by atoms with Crippen LogP contribution in [0.1, 0.15) is 0 Å². The zero-order valence-electron chi connectivity index (χ0n) is 32.0. The molecule has 0 atom stereocenters. The molecule has 331 valence electrons. The maximum absolute atomic E-state index is 11.0. The number of halogens is 3. The van der Waals surface area contributed by atoms with Gasteiger partial charge in [-0.2, -0.15) is 0 Å². The van der Waals surface area contributed by atoms with E-state index < -0.39 is 30.7 Å². The Morgan fingerprint density at radius 1 is 0.309 bits per heavy atom. The van der Waals surface area contributed by atoms with E-state index in [1.807, 2.05) is 0 Å². The molecule has 0 N–H and O–H groups in total. The first-order valence-electron chi connectivity index (χ1n) is 13.6. The number of ether oxygens (including phenoxy) is 3. The van der Waals surface area contributed by atoms with Crippen LogP contribution in [0.2, 0.25) is 0 Å². The zero-order chi connectivity index (χ0) is 44.8. The molecule has 0 fully saturated rings. The quantitative estimate of drug-likeness (QED) is 0.175. The third-order valence-corrected chi connectivity index (χ3v) is 4.35. The Labute approximate surface area is 332 Å². The van der Waals surface area contributed by atoms with Crippen molar-refractivity contribution in [1.29, 1.82) is 0 Å². The first kappa shape index (κ1) is 67.2. The van der Waals surface area contributed by atoms with Gasteiger partial charge in [-0.25, -0.2) is 55.9 Å². The number of carbonyl (C=O) groups is 6. The molecule has 0 rings (SSSR count). The number of nitrogens with zero attached hydrogens (tertiary/aromatic N) is 6. The molecular weight excluding hydrogens is 1060 g/mol. The fourth-order valence-electron chi connectivity index (χ4n) is 1.45. The summed E-state index contributed by atoms with van der Waals surface area (Å²) in [6.45, 7) is -0.294. The number of likely N-dealkylation sites (N-methyl/N-ethyl adjacent to an activating group) is 6. The van der Waals surface area contributed by atoms with Crippen molar-refractivity contribution in [2.24, 2.45) is 0 Å². The second-order valence-corrected chi connectivity index (χ2v) is 12.6. The van der Waals surface area contributed by atoms with Gasteiger partial charge in [-0.15, -0.1) is 30.7 Å². The van der Waals surface area contributed by atoms with Crippen molar-refractivity contribution in [1.82, 2.24) is 29.4 Å². The van der Waals surface area contributed by atoms with Crippen molar-refractivity contribution < 1.29 is 144 Å². The van der Waals surface area contributed by atoms with Crippen molar-refractivity contribution in [2.45, 2.75) is 0 Å². The summed E-state index contributed by atoms with van der Waals surface area (Å²) < 4.78 is 117. The number of hydrogen-bond donors (Lipinski definition) is 0. The molecule has 0 saturated heterocycles. The van der Waals surface area contributed by atoms with E-state index in [1.165, 1.54) is 29.4 Å². The second kappa shape index (κ2) is 35.9. The molecular formula is C24H48AmCl3N6O21-3. The zero-order valence-corrected chi connectivity index (χ0v) is 37.4. The molecule has 0 aromatic carbocycles. The van der Waals surface area contributed by atoms with Crippen LogP contribution in [0.3, 0.4) is 0 Å². The van der Waals surface area contributed by atoms with Crippen LogP contribution in [-0.2, 0) is 43.0 Å². The van der Waals surface area contributed by atoms with Gasteiger partial charge in [-0.1, -0.05) is 0 Å². The Morgan fingerprint density at radius 2 is 0.382 bits per heavy atom. The molecule has 6 amide bonds. The Bertz CT molecular complexity index is 852. The van der Waals surface area contributed by atoms with Gasteiger partial charge < -0.3 is 43.6 Å². The number of carbonyl (C=O) groups excluding carboxylic acids is 6. The van der Waals surface area contributed by atoms with Crippen molar-refractivity contribution in [3.05, 3.63) is 0 Å². The summed E-state index contributed by atoms with van der Waals surface area (Å²) in [6.07, 6.45) is 0. The molecule has 0 aliphatic heterocycles. The first-order chi connectivity index (χ1) is 23.8. The standard InChI is InChI=1S/3C8H16N2O3.Am.3ClHO4/c3*1-9(2)7(11)5-13-6-8(12)10(3)4;;3*2-1(3,4)5/h3*5-6H2,1-4H3;;3*(H,2,3,4,5)/p-3. The van der Waals surface area contributed by atoms with Crippen molar-refractivity contribution in [3.8, 4) is 0 Å². The normalized spacial score (nSPS) is 10.0. The van der Waals surface area contributed by atoms with E-state index in [9.17, 15) is 28.8 Å². The van der Waals surface area contributed by atoms with E-state index >= 15 is 0 Å². The Morgan fingerprint density at radius 3 is 0.436 bits per heavy atom. The predicted octanol–water partition coefficient (Wildman–Crippen LogP) is -16.7. The Kier molecular flexibility index (Phi) is 43.8. The molecule has 55 heavy (non-hydrogen) atoms. The van der Waals surface area contributed by atoms with E-state index in [2.05, 4.69) is 0 Å². The van der Waals surface area contributed by atoms with Gasteiger partial charge in [0.2, 0.25) is 35.4 Å². The smallest absolute Gasteiger partial charge is 0.248 e. The summed E-state index contributed by atoms with van der Waals surface area (Å²) in [6, 6.07) is 0. The van der Waals surface area contributed by atoms with Crippen LogP contribution in [0.15, 0.2) is 0 Å². The van der Waals surface area contributed by atoms with Gasteiger partial charge in [-0.05, 0) is 0 Å². The van der Waals surface area contributed by atoms with Crippen LogP contribution in [0.5, 0.6) is 0 Å². The minimum Gasteiger partial charge on any atom is -0.362 e. The molecule has 0 aliphatic carbocycles. The molecule has 27 nitrogen and oxygen atoms in total. The van der Waals surface area contributed by atoms with E-state index in [0.29, 0.717) is 0 Å². The fourth-order valence-corrected chi connectivity index (χ4v) is 1.45. The second-order valence-electron chi connectivity index (χ2n) is 10.3. The van der Waals surface area contributed by atoms with Crippen LogP contribution in [0.4, 0.5) is 0 Å². The van der Waals surface area contributed by atoms with Crippen LogP contribution < -0.4 is 55.9 Å². The summed E-state index contributed by atoms with van der Waals surface area (Å²) in [7, 11) is 4.83. The minimum absolute atomic E-state index is 0. The molecule has 0 aromatic rings. The molecule has 0 aliphatic rings. The summed E-state index contributed by atoms with van der Waals surface area (Å²) in [5.74, 6) is -0.880. The van der Waals surface area contributed by atoms with Gasteiger partial charge in [0.05, 0.1) is 0 Å². The van der Waals surface area contributed by atoms with Crippen molar-refractivity contribution in [3.63, 3.8) is 0 Å². The molecule has 0 spiro atoms. The number of amides is 6. The topological polar surface area (TPSA) is 426 Å². The molecule has 0 aromatic heterocycles. The maximum Gasteiger partial charge on any atom is 0.248 e. The Hall–Kier alpha value is -2.52. The summed E-state index contributed by atoms with van der Waals surface area (Å²) >= 11 is 0. The predicted molar refractivity (Wildman–Crippen MR) is 145 cm³/mol. The van der Waals surface area contributed by atoms with E-state index in [1.54, 1.807) is 84.6 Å². The molecule has 0 heterocycles. The third-order valence-electron chi connectivity index (χ3n) is 4.35. The van der Waals surface area contributed by atoms with Crippen LogP contribution in [-0.4, -0.2) is 189 Å². The van der Waals surface area contributed by atoms with Crippen LogP contribution in [0, 0.1) is 45.0 Å². The molecule has 1 radical (unpaired) electrons.